The van der Waals surface area contributed by atoms with Gasteiger partial charge in [0.2, 0.25) is 0 Å². The second-order valence-corrected chi connectivity index (χ2v) is 7.65. The average Bonchev–Trinajstić information content (AvgIpc) is 2.76. The second kappa shape index (κ2) is 12.0. The molecule has 0 radical (unpaired) electrons. The SMILES string of the molecule is Cc1cc(OCCNc2ccncc2)cc(C(=O)N(CCC(=O)OC(=O)C(F)(F)F)C(C)C)c1. The first-order chi connectivity index (χ1) is 16.0. The molecular weight excluding hydrogens is 455 g/mol. The number of pyridine rings is 1. The number of alkyl halides is 3. The van der Waals surface area contributed by atoms with Gasteiger partial charge in [-0.3, -0.25) is 14.6 Å². The molecule has 0 bridgehead atoms. The van der Waals surface area contributed by atoms with Crippen molar-refractivity contribution in [3.63, 3.8) is 0 Å². The number of aromatic nitrogens is 1. The Bertz CT molecular complexity index is 997. The number of amides is 1. The summed E-state index contributed by atoms with van der Waals surface area (Å²) in [5, 5.41) is 3.17. The van der Waals surface area contributed by atoms with Gasteiger partial charge in [0.25, 0.3) is 5.91 Å². The third kappa shape index (κ3) is 8.38. The molecule has 0 fully saturated rings. The Morgan fingerprint density at radius 3 is 2.41 bits per heavy atom. The molecule has 184 valence electrons. The standard InChI is InChI=1S/C23H26F3N3O5/c1-15(2)29(10-6-20(30)34-22(32)23(24,25)26)21(31)17-12-16(3)13-19(14-17)33-11-9-28-18-4-7-27-8-5-18/h4-5,7-8,12-15H,6,9-11H2,1-3H3,(H,27,28). The minimum atomic E-state index is -5.27. The van der Waals surface area contributed by atoms with Gasteiger partial charge < -0.3 is 19.7 Å². The number of esters is 2. The van der Waals surface area contributed by atoms with Crippen LogP contribution < -0.4 is 10.1 Å². The predicted octanol–water partition coefficient (Wildman–Crippen LogP) is 3.75. The van der Waals surface area contributed by atoms with E-state index in [-0.39, 0.29) is 12.6 Å². The first-order valence-corrected chi connectivity index (χ1v) is 10.5. The lowest BCUT2D eigenvalue weighted by atomic mass is 10.1. The van der Waals surface area contributed by atoms with Crippen LogP contribution in [0.1, 0.15) is 36.2 Å². The van der Waals surface area contributed by atoms with Crippen LogP contribution in [0.15, 0.2) is 42.7 Å². The Morgan fingerprint density at radius 1 is 1.12 bits per heavy atom. The number of nitrogens with zero attached hydrogens (tertiary/aromatic N) is 2. The largest absolute Gasteiger partial charge is 0.492 e. The summed E-state index contributed by atoms with van der Waals surface area (Å²) in [7, 11) is 0. The van der Waals surface area contributed by atoms with Gasteiger partial charge in [-0.2, -0.15) is 13.2 Å². The molecule has 1 N–H and O–H groups in total. The summed E-state index contributed by atoms with van der Waals surface area (Å²) in [6.45, 7) is 5.80. The van der Waals surface area contributed by atoms with E-state index in [1.807, 2.05) is 12.1 Å². The van der Waals surface area contributed by atoms with Crippen molar-refractivity contribution in [1.82, 2.24) is 9.88 Å². The lowest BCUT2D eigenvalue weighted by molar-refractivity contribution is -0.201. The van der Waals surface area contributed by atoms with Crippen molar-refractivity contribution in [2.45, 2.75) is 39.4 Å². The molecule has 0 aliphatic rings. The van der Waals surface area contributed by atoms with E-state index in [0.717, 1.165) is 11.3 Å². The highest BCUT2D eigenvalue weighted by Crippen LogP contribution is 2.20. The van der Waals surface area contributed by atoms with Crippen molar-refractivity contribution in [2.24, 2.45) is 0 Å². The molecule has 34 heavy (non-hydrogen) atoms. The molecule has 0 unspecified atom stereocenters. The number of rotatable bonds is 10. The molecule has 0 aliphatic carbocycles. The summed E-state index contributed by atoms with van der Waals surface area (Å²) in [5.74, 6) is -3.92. The van der Waals surface area contributed by atoms with Gasteiger partial charge in [-0.25, -0.2) is 4.79 Å². The van der Waals surface area contributed by atoms with Crippen LogP contribution in [0.4, 0.5) is 18.9 Å². The Hall–Kier alpha value is -3.63. The van der Waals surface area contributed by atoms with E-state index >= 15 is 0 Å². The summed E-state index contributed by atoms with van der Waals surface area (Å²) >= 11 is 0. The molecule has 1 aromatic heterocycles. The van der Waals surface area contributed by atoms with Crippen LogP contribution in [0.25, 0.3) is 0 Å². The summed E-state index contributed by atoms with van der Waals surface area (Å²) < 4.78 is 46.3. The zero-order valence-corrected chi connectivity index (χ0v) is 19.0. The van der Waals surface area contributed by atoms with Crippen LogP contribution >= 0.6 is 0 Å². The van der Waals surface area contributed by atoms with Crippen molar-refractivity contribution < 1.29 is 37.0 Å². The van der Waals surface area contributed by atoms with Crippen LogP contribution in [0.3, 0.4) is 0 Å². The molecule has 0 atom stereocenters. The van der Waals surface area contributed by atoms with E-state index in [2.05, 4.69) is 15.0 Å². The number of ether oxygens (including phenoxy) is 2. The number of halogens is 3. The fourth-order valence-electron chi connectivity index (χ4n) is 2.97. The number of hydrogen-bond acceptors (Lipinski definition) is 7. The highest BCUT2D eigenvalue weighted by molar-refractivity contribution is 5.95. The molecular formula is C23H26F3N3O5. The van der Waals surface area contributed by atoms with Crippen molar-refractivity contribution >= 4 is 23.5 Å². The zero-order chi connectivity index (χ0) is 25.3. The van der Waals surface area contributed by atoms with E-state index in [9.17, 15) is 27.6 Å². The Balaban J connectivity index is 1.98. The van der Waals surface area contributed by atoms with E-state index in [1.165, 1.54) is 4.90 Å². The summed E-state index contributed by atoms with van der Waals surface area (Å²) in [5.41, 5.74) is 1.95. The molecule has 11 heteroatoms. The summed E-state index contributed by atoms with van der Waals surface area (Å²) in [4.78, 5) is 40.7. The number of nitrogens with one attached hydrogen (secondary N) is 1. The van der Waals surface area contributed by atoms with Gasteiger partial charge in [0.05, 0.1) is 6.42 Å². The number of carbonyl (C=O) groups is 3. The van der Waals surface area contributed by atoms with Crippen molar-refractivity contribution in [1.29, 1.82) is 0 Å². The van der Waals surface area contributed by atoms with Gasteiger partial charge in [0, 0.05) is 42.8 Å². The third-order valence-corrected chi connectivity index (χ3v) is 4.56. The lowest BCUT2D eigenvalue weighted by Gasteiger charge is -2.27. The van der Waals surface area contributed by atoms with Gasteiger partial charge in [0.15, 0.2) is 0 Å². The maximum Gasteiger partial charge on any atom is 0.491 e. The second-order valence-electron chi connectivity index (χ2n) is 7.65. The van der Waals surface area contributed by atoms with Crippen molar-refractivity contribution in [3.8, 4) is 5.75 Å². The van der Waals surface area contributed by atoms with Gasteiger partial charge in [-0.05, 0) is 56.7 Å². The van der Waals surface area contributed by atoms with Crippen LogP contribution in [-0.4, -0.2) is 59.6 Å². The van der Waals surface area contributed by atoms with E-state index < -0.39 is 30.4 Å². The number of anilines is 1. The highest BCUT2D eigenvalue weighted by atomic mass is 19.4. The quantitative estimate of drug-likeness (QED) is 0.314. The van der Waals surface area contributed by atoms with Crippen molar-refractivity contribution in [2.75, 3.05) is 25.0 Å². The molecule has 1 amide bonds. The average molecular weight is 481 g/mol. The van der Waals surface area contributed by atoms with Crippen LogP contribution in [-0.2, 0) is 14.3 Å². The van der Waals surface area contributed by atoms with E-state index in [4.69, 9.17) is 4.74 Å². The van der Waals surface area contributed by atoms with E-state index in [0.29, 0.717) is 24.5 Å². The molecule has 0 spiro atoms. The van der Waals surface area contributed by atoms with Crippen LogP contribution in [0, 0.1) is 6.92 Å². The normalized spacial score (nSPS) is 11.1. The van der Waals surface area contributed by atoms with Gasteiger partial charge in [-0.1, -0.05) is 0 Å². The molecule has 8 nitrogen and oxygen atoms in total. The van der Waals surface area contributed by atoms with Gasteiger partial charge in [-0.15, -0.1) is 0 Å². The molecule has 1 heterocycles. The first-order valence-electron chi connectivity index (χ1n) is 10.5. The molecule has 0 aliphatic heterocycles. The van der Waals surface area contributed by atoms with Crippen LogP contribution in [0.2, 0.25) is 0 Å². The predicted molar refractivity (Wildman–Crippen MR) is 117 cm³/mol. The Morgan fingerprint density at radius 2 is 1.79 bits per heavy atom. The summed E-state index contributed by atoms with van der Waals surface area (Å²) in [6, 6.07) is 8.24. The topological polar surface area (TPSA) is 97.8 Å². The fourth-order valence-corrected chi connectivity index (χ4v) is 2.97. The molecule has 0 saturated heterocycles. The number of aryl methyl sites for hydroxylation is 1. The fraction of sp³-hybridized carbons (Fsp3) is 0.391. The van der Waals surface area contributed by atoms with Gasteiger partial charge >= 0.3 is 18.1 Å². The molecule has 0 saturated carbocycles. The number of carbonyl (C=O) groups excluding carboxylic acids is 3. The maximum atomic E-state index is 13.1. The maximum absolute atomic E-state index is 13.1. The highest BCUT2D eigenvalue weighted by Gasteiger charge is 2.42. The zero-order valence-electron chi connectivity index (χ0n) is 19.0. The lowest BCUT2D eigenvalue weighted by Crippen LogP contribution is -2.39. The monoisotopic (exact) mass is 481 g/mol. The third-order valence-electron chi connectivity index (χ3n) is 4.56. The van der Waals surface area contributed by atoms with Crippen LogP contribution in [0.5, 0.6) is 5.75 Å². The van der Waals surface area contributed by atoms with E-state index in [1.54, 1.807) is 51.4 Å². The Kier molecular flexibility index (Phi) is 9.40. The molecule has 2 aromatic rings. The van der Waals surface area contributed by atoms with Gasteiger partial charge in [0.1, 0.15) is 12.4 Å². The van der Waals surface area contributed by atoms with Crippen molar-refractivity contribution in [3.05, 3.63) is 53.9 Å². The Labute approximate surface area is 195 Å². The first kappa shape index (κ1) is 26.6. The summed E-state index contributed by atoms with van der Waals surface area (Å²) in [6.07, 6.45) is -2.51. The minimum absolute atomic E-state index is 0.222. The molecule has 1 aromatic carbocycles. The minimum Gasteiger partial charge on any atom is -0.492 e. The number of benzene rings is 1. The molecule has 2 rings (SSSR count). The number of hydrogen-bond donors (Lipinski definition) is 1. The smallest absolute Gasteiger partial charge is 0.491 e.